The van der Waals surface area contributed by atoms with Gasteiger partial charge in [0.25, 0.3) is 0 Å². The summed E-state index contributed by atoms with van der Waals surface area (Å²) in [4.78, 5) is 29.7. The van der Waals surface area contributed by atoms with E-state index in [1.807, 2.05) is 0 Å². The van der Waals surface area contributed by atoms with Crippen LogP contribution < -0.4 is 0 Å². The van der Waals surface area contributed by atoms with E-state index in [0.29, 0.717) is 0 Å². The third-order valence-corrected chi connectivity index (χ3v) is 0.830. The van der Waals surface area contributed by atoms with Crippen LogP contribution in [0.15, 0.2) is 5.18 Å². The van der Waals surface area contributed by atoms with Gasteiger partial charge < -0.3 is 5.11 Å². The van der Waals surface area contributed by atoms with E-state index in [2.05, 4.69) is 5.18 Å². The van der Waals surface area contributed by atoms with Gasteiger partial charge in [-0.25, -0.2) is 0 Å². The predicted molar refractivity (Wildman–Crippen MR) is 32.5 cm³/mol. The third-order valence-electron chi connectivity index (χ3n) is 0.830. The van der Waals surface area contributed by atoms with Crippen molar-refractivity contribution < 1.29 is 14.7 Å². The van der Waals surface area contributed by atoms with Gasteiger partial charge in [0.1, 0.15) is 12.2 Å². The van der Waals surface area contributed by atoms with Crippen molar-refractivity contribution in [3.05, 3.63) is 4.91 Å². The second-order valence-electron chi connectivity index (χ2n) is 1.71. The van der Waals surface area contributed by atoms with Crippen molar-refractivity contribution in [1.82, 2.24) is 0 Å². The molecule has 5 heteroatoms. The van der Waals surface area contributed by atoms with Crippen LogP contribution in [0.3, 0.4) is 0 Å². The van der Waals surface area contributed by atoms with E-state index in [1.165, 1.54) is 0 Å². The van der Waals surface area contributed by atoms with Gasteiger partial charge >= 0.3 is 5.97 Å². The second-order valence-corrected chi connectivity index (χ2v) is 1.71. The lowest BCUT2D eigenvalue weighted by Crippen LogP contribution is -2.07. The normalized spacial score (nSPS) is 8.80. The Kier molecular flexibility index (Phi) is 4.02. The summed E-state index contributed by atoms with van der Waals surface area (Å²) in [7, 11) is 0. The maximum atomic E-state index is 10.4. The minimum Gasteiger partial charge on any atom is -0.481 e. The van der Waals surface area contributed by atoms with Crippen LogP contribution in [-0.4, -0.2) is 23.4 Å². The van der Waals surface area contributed by atoms with Crippen LogP contribution in [0.25, 0.3) is 0 Å². The lowest BCUT2D eigenvalue weighted by molar-refractivity contribution is -0.140. The maximum absolute atomic E-state index is 10.4. The Labute approximate surface area is 57.0 Å². The number of carbonyl (C=O) groups excluding carboxylic acids is 1. The first-order chi connectivity index (χ1) is 4.66. The first-order valence-corrected chi connectivity index (χ1v) is 2.69. The molecule has 0 aromatic carbocycles. The predicted octanol–water partition coefficient (Wildman–Crippen LogP) is 0.187. The molecule has 0 rings (SSSR count). The number of hydrogen-bond donors (Lipinski definition) is 1. The van der Waals surface area contributed by atoms with E-state index in [0.717, 1.165) is 0 Å². The van der Waals surface area contributed by atoms with Gasteiger partial charge in [-0.2, -0.15) is 4.91 Å². The second kappa shape index (κ2) is 4.60. The number of carboxylic acids is 1. The molecule has 56 valence electrons. The van der Waals surface area contributed by atoms with Crippen LogP contribution in [0.1, 0.15) is 12.8 Å². The SMILES string of the molecule is O=NCCC(=O)CC(=O)O. The van der Waals surface area contributed by atoms with Crippen LogP contribution in [-0.2, 0) is 9.59 Å². The van der Waals surface area contributed by atoms with E-state index in [9.17, 15) is 14.5 Å². The first-order valence-electron chi connectivity index (χ1n) is 2.69. The van der Waals surface area contributed by atoms with Gasteiger partial charge in [-0.3, -0.25) is 9.59 Å². The van der Waals surface area contributed by atoms with Crippen LogP contribution in [0.5, 0.6) is 0 Å². The molecule has 5 nitrogen and oxygen atoms in total. The molecule has 0 aliphatic heterocycles. The van der Waals surface area contributed by atoms with Crippen molar-refractivity contribution in [3.63, 3.8) is 0 Å². The summed E-state index contributed by atoms with van der Waals surface area (Å²) in [5.74, 6) is -1.64. The van der Waals surface area contributed by atoms with Crippen LogP contribution >= 0.6 is 0 Å². The van der Waals surface area contributed by atoms with Crippen LogP contribution in [0, 0.1) is 4.91 Å². The third kappa shape index (κ3) is 4.89. The molecule has 0 heterocycles. The van der Waals surface area contributed by atoms with E-state index < -0.39 is 18.2 Å². The molecule has 0 radical (unpaired) electrons. The summed E-state index contributed by atoms with van der Waals surface area (Å²) < 4.78 is 0. The lowest BCUT2D eigenvalue weighted by atomic mass is 10.2. The highest BCUT2D eigenvalue weighted by Crippen LogP contribution is 1.89. The minimum atomic E-state index is -1.17. The van der Waals surface area contributed by atoms with Gasteiger partial charge in [-0.1, -0.05) is 5.18 Å². The standard InChI is InChI=1S/C5H7NO4/c7-4(1-2-6-10)3-5(8)9/h1-3H2,(H,8,9). The minimum absolute atomic E-state index is 0.0736. The quantitative estimate of drug-likeness (QED) is 0.442. The lowest BCUT2D eigenvalue weighted by Gasteiger charge is -1.89. The molecule has 0 saturated heterocycles. The summed E-state index contributed by atoms with van der Waals surface area (Å²) in [6, 6.07) is 0. The monoisotopic (exact) mass is 145 g/mol. The van der Waals surface area contributed by atoms with Crippen molar-refractivity contribution in [2.45, 2.75) is 12.8 Å². The fourth-order valence-electron chi connectivity index (χ4n) is 0.427. The smallest absolute Gasteiger partial charge is 0.310 e. The van der Waals surface area contributed by atoms with Crippen molar-refractivity contribution >= 4 is 11.8 Å². The largest absolute Gasteiger partial charge is 0.481 e. The van der Waals surface area contributed by atoms with Crippen molar-refractivity contribution in [1.29, 1.82) is 0 Å². The van der Waals surface area contributed by atoms with E-state index in [1.54, 1.807) is 0 Å². The highest BCUT2D eigenvalue weighted by Gasteiger charge is 2.06. The molecule has 0 aromatic rings. The number of nitroso groups, excluding NO2 is 1. The van der Waals surface area contributed by atoms with E-state index in [-0.39, 0.29) is 13.0 Å². The zero-order valence-corrected chi connectivity index (χ0v) is 5.24. The molecule has 0 aromatic heterocycles. The van der Waals surface area contributed by atoms with Gasteiger partial charge in [-0.15, -0.1) is 0 Å². The number of hydrogen-bond acceptors (Lipinski definition) is 4. The summed E-state index contributed by atoms with van der Waals surface area (Å²) in [6.45, 7) is -0.133. The average molecular weight is 145 g/mol. The Morgan fingerprint density at radius 2 is 2.00 bits per heavy atom. The molecule has 0 saturated carbocycles. The number of aliphatic carboxylic acids is 1. The number of ketones is 1. The topological polar surface area (TPSA) is 83.8 Å². The molecule has 0 amide bonds. The highest BCUT2D eigenvalue weighted by molar-refractivity contribution is 5.94. The van der Waals surface area contributed by atoms with E-state index in [4.69, 9.17) is 5.11 Å². The van der Waals surface area contributed by atoms with Gasteiger partial charge in [-0.05, 0) is 0 Å². The molecule has 0 unspecified atom stereocenters. The first kappa shape index (κ1) is 8.74. The Balaban J connectivity index is 3.43. The van der Waals surface area contributed by atoms with E-state index >= 15 is 0 Å². The van der Waals surface area contributed by atoms with Crippen LogP contribution in [0.4, 0.5) is 0 Å². The molecule has 0 spiro atoms. The Morgan fingerprint density at radius 3 is 2.40 bits per heavy atom. The molecule has 0 aliphatic rings. The molecule has 10 heavy (non-hydrogen) atoms. The summed E-state index contributed by atoms with van der Waals surface area (Å²) in [6.07, 6.45) is -0.592. The average Bonchev–Trinajstić information content (AvgIpc) is 1.82. The number of Topliss-reactive ketones (excluding diaryl/α,β-unsaturated/α-hetero) is 1. The number of rotatable bonds is 5. The number of carbonyl (C=O) groups is 2. The van der Waals surface area contributed by atoms with Gasteiger partial charge in [0, 0.05) is 6.42 Å². The Bertz CT molecular complexity index is 154. The fraction of sp³-hybridized carbons (Fsp3) is 0.600. The zero-order valence-electron chi connectivity index (χ0n) is 5.24. The molecular weight excluding hydrogens is 138 g/mol. The highest BCUT2D eigenvalue weighted by atomic mass is 16.4. The van der Waals surface area contributed by atoms with Crippen molar-refractivity contribution in [3.8, 4) is 0 Å². The van der Waals surface area contributed by atoms with Crippen molar-refractivity contribution in [2.75, 3.05) is 6.54 Å². The van der Waals surface area contributed by atoms with Gasteiger partial charge in [0.2, 0.25) is 0 Å². The summed E-state index contributed by atoms with van der Waals surface area (Å²) >= 11 is 0. The van der Waals surface area contributed by atoms with Crippen molar-refractivity contribution in [2.24, 2.45) is 5.18 Å². The summed E-state index contributed by atoms with van der Waals surface area (Å²) in [5.41, 5.74) is 0. The molecule has 0 aliphatic carbocycles. The molecular formula is C5H7NO4. The Hall–Kier alpha value is -1.26. The maximum Gasteiger partial charge on any atom is 0.310 e. The van der Waals surface area contributed by atoms with Gasteiger partial charge in [0.05, 0.1) is 6.54 Å². The molecule has 0 bridgehead atoms. The summed E-state index contributed by atoms with van der Waals surface area (Å²) in [5, 5.41) is 10.5. The zero-order chi connectivity index (χ0) is 7.98. The van der Waals surface area contributed by atoms with Crippen LogP contribution in [0.2, 0.25) is 0 Å². The van der Waals surface area contributed by atoms with Gasteiger partial charge in [0.15, 0.2) is 0 Å². The fourth-order valence-corrected chi connectivity index (χ4v) is 0.427. The Morgan fingerprint density at radius 1 is 1.40 bits per heavy atom. The molecule has 0 atom stereocenters. The molecule has 0 fully saturated rings. The number of carboxylic acid groups (broad SMARTS) is 1. The number of nitrogens with zero attached hydrogens (tertiary/aromatic N) is 1. The molecule has 1 N–H and O–H groups in total.